The van der Waals surface area contributed by atoms with Crippen molar-refractivity contribution in [3.63, 3.8) is 0 Å². The van der Waals surface area contributed by atoms with Crippen LogP contribution in [-0.4, -0.2) is 42.8 Å². The van der Waals surface area contributed by atoms with E-state index in [-0.39, 0.29) is 12.2 Å². The molecule has 0 spiro atoms. The Morgan fingerprint density at radius 1 is 1.29 bits per heavy atom. The van der Waals surface area contributed by atoms with Crippen molar-refractivity contribution < 1.29 is 9.53 Å². The lowest BCUT2D eigenvalue weighted by atomic mass is 10.1. The van der Waals surface area contributed by atoms with E-state index in [2.05, 4.69) is 24.1 Å². The minimum absolute atomic E-state index is 0.122. The van der Waals surface area contributed by atoms with E-state index in [0.29, 0.717) is 12.0 Å². The highest BCUT2D eigenvalue weighted by molar-refractivity contribution is 5.68. The molecule has 1 amide bonds. The molecule has 0 bridgehead atoms. The Balaban J connectivity index is 1.62. The van der Waals surface area contributed by atoms with Gasteiger partial charge in [0, 0.05) is 25.7 Å². The maximum Gasteiger partial charge on any atom is 0.407 e. The number of amides is 1. The van der Waals surface area contributed by atoms with Gasteiger partial charge in [-0.25, -0.2) is 4.79 Å². The van der Waals surface area contributed by atoms with E-state index >= 15 is 0 Å². The molecule has 1 heterocycles. The predicted molar refractivity (Wildman–Crippen MR) is 66.9 cm³/mol. The van der Waals surface area contributed by atoms with E-state index < -0.39 is 0 Å². The zero-order valence-electron chi connectivity index (χ0n) is 10.9. The second-order valence-electron chi connectivity index (χ2n) is 5.72. The molecule has 0 aromatic carbocycles. The number of piperidine rings is 1. The van der Waals surface area contributed by atoms with Gasteiger partial charge in [-0.15, -0.1) is 0 Å². The minimum Gasteiger partial charge on any atom is -0.446 e. The molecule has 1 aliphatic heterocycles. The number of nitrogens with one attached hydrogen (secondary N) is 1. The summed E-state index contributed by atoms with van der Waals surface area (Å²) in [5.74, 6) is 0.714. The van der Waals surface area contributed by atoms with Crippen LogP contribution in [0, 0.1) is 5.92 Å². The van der Waals surface area contributed by atoms with Crippen LogP contribution in [0.25, 0.3) is 0 Å². The molecule has 0 atom stereocenters. The first kappa shape index (κ1) is 12.7. The van der Waals surface area contributed by atoms with Crippen LogP contribution in [-0.2, 0) is 4.74 Å². The van der Waals surface area contributed by atoms with Gasteiger partial charge in [0.15, 0.2) is 0 Å². The summed E-state index contributed by atoms with van der Waals surface area (Å²) in [6.45, 7) is 7.75. The standard InChI is InChI=1S/C13H24N2O2/c1-10(2)9-15-7-5-12(6-8-15)17-13(16)14-11-3-4-11/h10-12H,3-9H2,1-2H3,(H,14,16). The Hall–Kier alpha value is -0.770. The van der Waals surface area contributed by atoms with E-state index in [0.717, 1.165) is 45.3 Å². The molecule has 98 valence electrons. The van der Waals surface area contributed by atoms with Crippen LogP contribution in [0.15, 0.2) is 0 Å². The van der Waals surface area contributed by atoms with Crippen molar-refractivity contribution in [3.05, 3.63) is 0 Å². The van der Waals surface area contributed by atoms with Crippen molar-refractivity contribution >= 4 is 6.09 Å². The number of likely N-dealkylation sites (tertiary alicyclic amines) is 1. The van der Waals surface area contributed by atoms with E-state index in [1.54, 1.807) is 0 Å². The molecule has 1 aliphatic carbocycles. The highest BCUT2D eigenvalue weighted by Gasteiger charge is 2.27. The van der Waals surface area contributed by atoms with Crippen LogP contribution in [0.2, 0.25) is 0 Å². The summed E-state index contributed by atoms with van der Waals surface area (Å²) in [7, 11) is 0. The van der Waals surface area contributed by atoms with Gasteiger partial charge in [0.1, 0.15) is 6.10 Å². The smallest absolute Gasteiger partial charge is 0.407 e. The lowest BCUT2D eigenvalue weighted by Crippen LogP contribution is -2.41. The molecular formula is C13H24N2O2. The average Bonchev–Trinajstić information content (AvgIpc) is 3.04. The molecule has 1 saturated carbocycles. The second-order valence-corrected chi connectivity index (χ2v) is 5.72. The fourth-order valence-electron chi connectivity index (χ4n) is 2.31. The zero-order valence-corrected chi connectivity index (χ0v) is 10.9. The number of rotatable bonds is 4. The summed E-state index contributed by atoms with van der Waals surface area (Å²) in [5.41, 5.74) is 0. The maximum atomic E-state index is 11.5. The summed E-state index contributed by atoms with van der Waals surface area (Å²) >= 11 is 0. The van der Waals surface area contributed by atoms with Gasteiger partial charge in [0.05, 0.1) is 0 Å². The molecule has 4 heteroatoms. The molecule has 1 N–H and O–H groups in total. The van der Waals surface area contributed by atoms with Crippen molar-refractivity contribution in [3.8, 4) is 0 Å². The van der Waals surface area contributed by atoms with E-state index in [1.807, 2.05) is 0 Å². The predicted octanol–water partition coefficient (Wildman–Crippen LogP) is 2.00. The molecular weight excluding hydrogens is 216 g/mol. The minimum atomic E-state index is -0.213. The largest absolute Gasteiger partial charge is 0.446 e. The molecule has 0 aromatic heterocycles. The van der Waals surface area contributed by atoms with E-state index in [4.69, 9.17) is 4.74 Å². The van der Waals surface area contributed by atoms with Gasteiger partial charge in [0.25, 0.3) is 0 Å². The Morgan fingerprint density at radius 3 is 2.47 bits per heavy atom. The van der Waals surface area contributed by atoms with Crippen molar-refractivity contribution in [1.82, 2.24) is 10.2 Å². The number of ether oxygens (including phenoxy) is 1. The molecule has 1 saturated heterocycles. The highest BCUT2D eigenvalue weighted by atomic mass is 16.6. The maximum absolute atomic E-state index is 11.5. The van der Waals surface area contributed by atoms with Crippen molar-refractivity contribution in [2.24, 2.45) is 5.92 Å². The molecule has 0 aromatic rings. The van der Waals surface area contributed by atoms with Gasteiger partial charge in [-0.1, -0.05) is 13.8 Å². The van der Waals surface area contributed by atoms with Gasteiger partial charge in [-0.05, 0) is 31.6 Å². The third-order valence-electron chi connectivity index (χ3n) is 3.33. The lowest BCUT2D eigenvalue weighted by molar-refractivity contribution is 0.0476. The van der Waals surface area contributed by atoms with E-state index in [9.17, 15) is 4.79 Å². The molecule has 2 fully saturated rings. The number of alkyl carbamates (subject to hydrolysis) is 1. The van der Waals surface area contributed by atoms with Crippen LogP contribution in [0.4, 0.5) is 4.79 Å². The number of hydrogen-bond acceptors (Lipinski definition) is 3. The number of carbonyl (C=O) groups is 1. The van der Waals surface area contributed by atoms with Crippen LogP contribution in [0.3, 0.4) is 0 Å². The van der Waals surface area contributed by atoms with Crippen LogP contribution < -0.4 is 5.32 Å². The summed E-state index contributed by atoms with van der Waals surface area (Å²) in [5, 5.41) is 2.87. The highest BCUT2D eigenvalue weighted by Crippen LogP contribution is 2.20. The molecule has 17 heavy (non-hydrogen) atoms. The molecule has 0 unspecified atom stereocenters. The van der Waals surface area contributed by atoms with E-state index in [1.165, 1.54) is 0 Å². The Labute approximate surface area is 104 Å². The van der Waals surface area contributed by atoms with Gasteiger partial charge in [0.2, 0.25) is 0 Å². The molecule has 2 rings (SSSR count). The Morgan fingerprint density at radius 2 is 1.94 bits per heavy atom. The fraction of sp³-hybridized carbons (Fsp3) is 0.923. The normalized spacial score (nSPS) is 22.8. The van der Waals surface area contributed by atoms with Crippen molar-refractivity contribution in [2.75, 3.05) is 19.6 Å². The number of carbonyl (C=O) groups excluding carboxylic acids is 1. The molecule has 2 aliphatic rings. The molecule has 4 nitrogen and oxygen atoms in total. The van der Waals surface area contributed by atoms with Gasteiger partial charge in [-0.2, -0.15) is 0 Å². The Kier molecular flexibility index (Phi) is 4.26. The van der Waals surface area contributed by atoms with Crippen LogP contribution in [0.1, 0.15) is 39.5 Å². The first-order valence-corrected chi connectivity index (χ1v) is 6.83. The summed E-state index contributed by atoms with van der Waals surface area (Å²) in [4.78, 5) is 13.9. The average molecular weight is 240 g/mol. The summed E-state index contributed by atoms with van der Waals surface area (Å²) in [6.07, 6.45) is 4.09. The van der Waals surface area contributed by atoms with Crippen LogP contribution in [0.5, 0.6) is 0 Å². The van der Waals surface area contributed by atoms with Gasteiger partial charge >= 0.3 is 6.09 Å². The number of nitrogens with zero attached hydrogens (tertiary/aromatic N) is 1. The topological polar surface area (TPSA) is 41.6 Å². The zero-order chi connectivity index (χ0) is 12.3. The first-order chi connectivity index (χ1) is 8.13. The van der Waals surface area contributed by atoms with Crippen molar-refractivity contribution in [2.45, 2.75) is 51.7 Å². The monoisotopic (exact) mass is 240 g/mol. The lowest BCUT2D eigenvalue weighted by Gasteiger charge is -2.32. The first-order valence-electron chi connectivity index (χ1n) is 6.83. The third kappa shape index (κ3) is 4.54. The quantitative estimate of drug-likeness (QED) is 0.817. The fourth-order valence-corrected chi connectivity index (χ4v) is 2.31. The third-order valence-corrected chi connectivity index (χ3v) is 3.33. The van der Waals surface area contributed by atoms with Gasteiger partial charge in [-0.3, -0.25) is 0 Å². The van der Waals surface area contributed by atoms with Gasteiger partial charge < -0.3 is 15.0 Å². The summed E-state index contributed by atoms with van der Waals surface area (Å²) in [6, 6.07) is 0.392. The summed E-state index contributed by atoms with van der Waals surface area (Å²) < 4.78 is 5.42. The second kappa shape index (κ2) is 5.71. The Bertz CT molecular complexity index is 256. The van der Waals surface area contributed by atoms with Crippen LogP contribution >= 0.6 is 0 Å². The SMILES string of the molecule is CC(C)CN1CCC(OC(=O)NC2CC2)CC1. The molecule has 0 radical (unpaired) electrons. The van der Waals surface area contributed by atoms with Crippen molar-refractivity contribution in [1.29, 1.82) is 0 Å². The number of hydrogen-bond donors (Lipinski definition) is 1.